The van der Waals surface area contributed by atoms with Crippen molar-refractivity contribution in [3.8, 4) is 11.5 Å². The number of ether oxygens (including phenoxy) is 3. The van der Waals surface area contributed by atoms with Crippen molar-refractivity contribution in [2.24, 2.45) is 11.8 Å². The fraction of sp³-hybridized carbons (Fsp3) is 0.524. The molecule has 1 aliphatic carbocycles. The third kappa shape index (κ3) is 3.53. The minimum Gasteiger partial charge on any atom is -0.459 e. The van der Waals surface area contributed by atoms with Gasteiger partial charge in [-0.3, -0.25) is 0 Å². The van der Waals surface area contributed by atoms with Crippen LogP contribution < -0.4 is 20.1 Å². The van der Waals surface area contributed by atoms with E-state index in [0.29, 0.717) is 34.6 Å². The third-order valence-corrected chi connectivity index (χ3v) is 6.04. The highest BCUT2D eigenvalue weighted by Gasteiger charge is 2.35. The molecule has 7 nitrogen and oxygen atoms in total. The molecule has 0 saturated heterocycles. The molecule has 2 amide bonds. The van der Waals surface area contributed by atoms with Crippen molar-refractivity contribution in [3.05, 3.63) is 35.0 Å². The van der Waals surface area contributed by atoms with E-state index in [1.807, 2.05) is 6.07 Å². The van der Waals surface area contributed by atoms with Gasteiger partial charge in [0.05, 0.1) is 11.6 Å². The Bertz CT molecular complexity index is 834. The molecule has 28 heavy (non-hydrogen) atoms. The van der Waals surface area contributed by atoms with Crippen LogP contribution >= 0.6 is 0 Å². The predicted octanol–water partition coefficient (Wildman–Crippen LogP) is 3.41. The van der Waals surface area contributed by atoms with E-state index >= 15 is 0 Å². The van der Waals surface area contributed by atoms with Crippen LogP contribution in [-0.2, 0) is 9.53 Å². The Morgan fingerprint density at radius 3 is 2.71 bits per heavy atom. The molecule has 2 heterocycles. The molecule has 0 spiro atoms. The van der Waals surface area contributed by atoms with Crippen LogP contribution in [0, 0.1) is 11.8 Å². The first-order valence-corrected chi connectivity index (χ1v) is 9.81. The molecular formula is C21H26N2O5. The quantitative estimate of drug-likeness (QED) is 0.778. The summed E-state index contributed by atoms with van der Waals surface area (Å²) in [6.07, 6.45) is 2.71. The van der Waals surface area contributed by atoms with E-state index < -0.39 is 6.04 Å². The van der Waals surface area contributed by atoms with Crippen LogP contribution in [0.5, 0.6) is 11.5 Å². The van der Waals surface area contributed by atoms with Crippen LogP contribution in [0.3, 0.4) is 0 Å². The number of esters is 1. The molecule has 3 aliphatic rings. The molecule has 0 aromatic heterocycles. The van der Waals surface area contributed by atoms with Crippen molar-refractivity contribution in [1.82, 2.24) is 10.6 Å². The van der Waals surface area contributed by atoms with E-state index in [2.05, 4.69) is 24.5 Å². The molecule has 1 aromatic rings. The minimum absolute atomic E-state index is 0.0889. The number of fused-ring (bicyclic) bond motifs is 1. The van der Waals surface area contributed by atoms with Crippen LogP contribution in [0.4, 0.5) is 4.79 Å². The van der Waals surface area contributed by atoms with Crippen LogP contribution in [0.1, 0.15) is 51.6 Å². The van der Waals surface area contributed by atoms with Crippen molar-refractivity contribution in [2.75, 3.05) is 6.79 Å². The van der Waals surface area contributed by atoms with Crippen LogP contribution in [-0.4, -0.2) is 24.9 Å². The SMILES string of the molecule is CC1=C(C(=O)O[C@@H]2CC[C@H](C)[C@@H](C)C2)[C@@H](c2ccc3c(c2)OCO3)NC(=O)N1. The maximum Gasteiger partial charge on any atom is 0.338 e. The van der Waals surface area contributed by atoms with E-state index in [0.717, 1.165) is 24.8 Å². The van der Waals surface area contributed by atoms with Crippen molar-refractivity contribution in [2.45, 2.75) is 52.2 Å². The summed E-state index contributed by atoms with van der Waals surface area (Å²) in [5, 5.41) is 5.52. The number of carbonyl (C=O) groups is 2. The van der Waals surface area contributed by atoms with Gasteiger partial charge in [0, 0.05) is 5.70 Å². The second kappa shape index (κ2) is 7.37. The van der Waals surface area contributed by atoms with Crippen LogP contribution in [0.25, 0.3) is 0 Å². The van der Waals surface area contributed by atoms with Crippen molar-refractivity contribution in [1.29, 1.82) is 0 Å². The Morgan fingerprint density at radius 2 is 1.93 bits per heavy atom. The number of hydrogen-bond acceptors (Lipinski definition) is 5. The molecular weight excluding hydrogens is 360 g/mol. The number of urea groups is 1. The van der Waals surface area contributed by atoms with Gasteiger partial charge in [-0.1, -0.05) is 19.9 Å². The predicted molar refractivity (Wildman–Crippen MR) is 102 cm³/mol. The smallest absolute Gasteiger partial charge is 0.338 e. The van der Waals surface area contributed by atoms with E-state index in [1.165, 1.54) is 0 Å². The lowest BCUT2D eigenvalue weighted by atomic mass is 9.80. The lowest BCUT2D eigenvalue weighted by Gasteiger charge is -2.33. The highest BCUT2D eigenvalue weighted by Crippen LogP contribution is 2.38. The molecule has 4 rings (SSSR count). The first kappa shape index (κ1) is 18.7. The molecule has 1 aromatic carbocycles. The Hall–Kier alpha value is -2.70. The van der Waals surface area contributed by atoms with Crippen LogP contribution in [0.2, 0.25) is 0 Å². The van der Waals surface area contributed by atoms with Crippen LogP contribution in [0.15, 0.2) is 29.5 Å². The number of allylic oxidation sites excluding steroid dienone is 1. The van der Waals surface area contributed by atoms with E-state index in [4.69, 9.17) is 14.2 Å². The van der Waals surface area contributed by atoms with Gasteiger partial charge < -0.3 is 24.8 Å². The summed E-state index contributed by atoms with van der Waals surface area (Å²) in [7, 11) is 0. The first-order valence-electron chi connectivity index (χ1n) is 9.81. The van der Waals surface area contributed by atoms with Gasteiger partial charge >= 0.3 is 12.0 Å². The summed E-state index contributed by atoms with van der Waals surface area (Å²) in [6, 6.07) is 4.46. The van der Waals surface area contributed by atoms with Gasteiger partial charge in [-0.15, -0.1) is 0 Å². The minimum atomic E-state index is -0.601. The van der Waals surface area contributed by atoms with Gasteiger partial charge in [0.25, 0.3) is 0 Å². The Balaban J connectivity index is 1.58. The monoisotopic (exact) mass is 386 g/mol. The van der Waals surface area contributed by atoms with Crippen molar-refractivity contribution in [3.63, 3.8) is 0 Å². The molecule has 0 bridgehead atoms. The standard InChI is InChI=1S/C21H26N2O5/c1-11-4-6-15(8-12(11)2)28-20(24)18-13(3)22-21(25)23-19(18)14-5-7-16-17(9-14)27-10-26-16/h5,7,9,11-12,15,19H,4,6,8,10H2,1-3H3,(H2,22,23,25)/t11-,12-,15+,19+/m0/s1. The summed E-state index contributed by atoms with van der Waals surface area (Å²) in [4.78, 5) is 25.1. The largest absolute Gasteiger partial charge is 0.459 e. The number of amides is 2. The normalized spacial score (nSPS) is 29.2. The molecule has 150 valence electrons. The number of carbonyl (C=O) groups excluding carboxylic acids is 2. The lowest BCUT2D eigenvalue weighted by molar-refractivity contribution is -0.147. The number of hydrogen-bond donors (Lipinski definition) is 2. The molecule has 2 aliphatic heterocycles. The maximum atomic E-state index is 13.1. The number of rotatable bonds is 3. The molecule has 4 atom stereocenters. The van der Waals surface area contributed by atoms with Crippen molar-refractivity contribution < 1.29 is 23.8 Å². The Morgan fingerprint density at radius 1 is 1.14 bits per heavy atom. The van der Waals surface area contributed by atoms with Gasteiger partial charge in [-0.05, 0) is 55.7 Å². The van der Waals surface area contributed by atoms with E-state index in [-0.39, 0.29) is 24.9 Å². The zero-order valence-corrected chi connectivity index (χ0v) is 16.4. The van der Waals surface area contributed by atoms with Gasteiger partial charge in [-0.2, -0.15) is 0 Å². The van der Waals surface area contributed by atoms with Gasteiger partial charge in [0.2, 0.25) is 6.79 Å². The van der Waals surface area contributed by atoms with Gasteiger partial charge in [-0.25, -0.2) is 9.59 Å². The maximum absolute atomic E-state index is 13.1. The number of benzene rings is 1. The van der Waals surface area contributed by atoms with Gasteiger partial charge in [0.15, 0.2) is 11.5 Å². The average molecular weight is 386 g/mol. The second-order valence-electron chi connectivity index (χ2n) is 7.98. The highest BCUT2D eigenvalue weighted by molar-refractivity contribution is 5.95. The zero-order chi connectivity index (χ0) is 19.8. The third-order valence-electron chi connectivity index (χ3n) is 6.04. The average Bonchev–Trinajstić information content (AvgIpc) is 3.11. The Kier molecular flexibility index (Phi) is 4.91. The summed E-state index contributed by atoms with van der Waals surface area (Å²) in [5.41, 5.74) is 1.68. The molecule has 7 heteroatoms. The first-order chi connectivity index (χ1) is 13.4. The number of nitrogens with one attached hydrogen (secondary N) is 2. The molecule has 2 N–H and O–H groups in total. The van der Waals surface area contributed by atoms with E-state index in [1.54, 1.807) is 19.1 Å². The van der Waals surface area contributed by atoms with Crippen molar-refractivity contribution >= 4 is 12.0 Å². The summed E-state index contributed by atoms with van der Waals surface area (Å²) in [5.74, 6) is 2.03. The Labute approximate surface area is 164 Å². The van der Waals surface area contributed by atoms with Gasteiger partial charge in [0.1, 0.15) is 6.10 Å². The zero-order valence-electron chi connectivity index (χ0n) is 16.4. The summed E-state index contributed by atoms with van der Waals surface area (Å²) in [6.45, 7) is 6.33. The van der Waals surface area contributed by atoms with E-state index in [9.17, 15) is 9.59 Å². The molecule has 1 fully saturated rings. The second-order valence-corrected chi connectivity index (χ2v) is 7.98. The fourth-order valence-corrected chi connectivity index (χ4v) is 4.13. The lowest BCUT2D eigenvalue weighted by Crippen LogP contribution is -2.45. The molecule has 0 unspecified atom stereocenters. The fourth-order valence-electron chi connectivity index (χ4n) is 4.13. The molecule has 0 radical (unpaired) electrons. The topological polar surface area (TPSA) is 85.9 Å². The molecule has 1 saturated carbocycles. The summed E-state index contributed by atoms with van der Waals surface area (Å²) < 4.78 is 16.6. The highest BCUT2D eigenvalue weighted by atomic mass is 16.7. The summed E-state index contributed by atoms with van der Waals surface area (Å²) >= 11 is 0.